The Morgan fingerprint density at radius 3 is 1.25 bits per heavy atom. The molecule has 0 amide bonds. The Balaban J connectivity index is 3.35. The molecule has 0 N–H and O–H groups in total. The van der Waals surface area contributed by atoms with Crippen molar-refractivity contribution in [3.63, 3.8) is 0 Å². The number of hydrogen-bond donors (Lipinski definition) is 0. The van der Waals surface area contributed by atoms with Crippen molar-refractivity contribution in [2.24, 2.45) is 0 Å². The zero-order valence-corrected chi connectivity index (χ0v) is 30.2. The summed E-state index contributed by atoms with van der Waals surface area (Å²) in [7, 11) is -4.32. The predicted octanol–water partition coefficient (Wildman–Crippen LogP) is 9.33. The van der Waals surface area contributed by atoms with E-state index in [0.717, 1.165) is 51.4 Å². The largest absolute Gasteiger partial charge is 0.462 e. The zero-order valence-electron chi connectivity index (χ0n) is 28.2. The van der Waals surface area contributed by atoms with Crippen molar-refractivity contribution >= 4 is 28.6 Å². The highest BCUT2D eigenvalue weighted by Crippen LogP contribution is 2.40. The maximum atomic E-state index is 13.4. The molecule has 0 aromatic carbocycles. The summed E-state index contributed by atoms with van der Waals surface area (Å²) < 4.78 is 25.9. The average molecular weight is 601 g/mol. The molecule has 0 aliphatic carbocycles. The molecule has 1 rings (SSSR count). The molecule has 0 spiro atoms. The molecule has 2 unspecified atom stereocenters. The summed E-state index contributed by atoms with van der Waals surface area (Å²) in [5, 5.41) is 0.0118. The van der Waals surface area contributed by atoms with Gasteiger partial charge in [0.2, 0.25) is 0 Å². The van der Waals surface area contributed by atoms with Crippen LogP contribution in [-0.4, -0.2) is 53.0 Å². The molecular formula is C32H64O6Si2. The fourth-order valence-corrected chi connectivity index (χ4v) is 7.39. The highest BCUT2D eigenvalue weighted by molar-refractivity contribution is 6.74. The molecule has 1 heterocycles. The van der Waals surface area contributed by atoms with E-state index in [1.54, 1.807) is 0 Å². The third-order valence-electron chi connectivity index (χ3n) is 9.23. The van der Waals surface area contributed by atoms with Crippen molar-refractivity contribution in [3.05, 3.63) is 0 Å². The monoisotopic (exact) mass is 600 g/mol. The lowest BCUT2D eigenvalue weighted by Gasteiger charge is -2.41. The molecule has 0 aromatic rings. The van der Waals surface area contributed by atoms with Crippen LogP contribution in [0.1, 0.15) is 132 Å². The number of carbonyl (C=O) groups is 2. The smallest absolute Gasteiger partial charge is 0.308 e. The first-order chi connectivity index (χ1) is 18.3. The third-order valence-corrected chi connectivity index (χ3v) is 18.3. The molecule has 1 saturated heterocycles. The number of unbranched alkanes of at least 4 members (excludes halogenated alkanes) is 4. The molecule has 1 aliphatic heterocycles. The lowest BCUT2D eigenvalue weighted by Crippen LogP contribution is -2.47. The SMILES string of the molecule is CCCCCC1C[C@@H](O[Si](C)(C)C(C)(C)C)CC(=O)O[C@H](CCCCC)CC(O[Si](C)(C)C(C)(C)C)CC(=O)O1. The number of cyclic esters (lactones) is 2. The van der Waals surface area contributed by atoms with Gasteiger partial charge in [0, 0.05) is 12.8 Å². The first kappa shape index (κ1) is 37.3. The van der Waals surface area contributed by atoms with Crippen molar-refractivity contribution in [2.45, 2.75) is 193 Å². The highest BCUT2D eigenvalue weighted by atomic mass is 28.4. The van der Waals surface area contributed by atoms with Gasteiger partial charge in [0.15, 0.2) is 16.6 Å². The predicted molar refractivity (Wildman–Crippen MR) is 171 cm³/mol. The lowest BCUT2D eigenvalue weighted by molar-refractivity contribution is -0.158. The van der Waals surface area contributed by atoms with Gasteiger partial charge in [-0.15, -0.1) is 0 Å². The van der Waals surface area contributed by atoms with E-state index >= 15 is 0 Å². The van der Waals surface area contributed by atoms with Crippen LogP contribution in [-0.2, 0) is 27.9 Å². The normalized spacial score (nSPS) is 24.6. The molecular weight excluding hydrogens is 537 g/mol. The van der Waals surface area contributed by atoms with Crippen molar-refractivity contribution in [2.75, 3.05) is 0 Å². The second kappa shape index (κ2) is 16.2. The van der Waals surface area contributed by atoms with Gasteiger partial charge in [-0.2, -0.15) is 0 Å². The summed E-state index contributed by atoms with van der Waals surface area (Å²) in [5.41, 5.74) is 0. The molecule has 8 heteroatoms. The summed E-state index contributed by atoms with van der Waals surface area (Å²) in [6, 6.07) is 0. The maximum Gasteiger partial charge on any atom is 0.308 e. The number of hydrogen-bond acceptors (Lipinski definition) is 6. The van der Waals surface area contributed by atoms with E-state index in [0.29, 0.717) is 12.8 Å². The fourth-order valence-electron chi connectivity index (χ4n) is 4.65. The Bertz CT molecular complexity index is 704. The maximum absolute atomic E-state index is 13.4. The minimum absolute atomic E-state index is 0.00592. The van der Waals surface area contributed by atoms with Gasteiger partial charge in [-0.25, -0.2) is 0 Å². The van der Waals surface area contributed by atoms with Crippen LogP contribution in [0.15, 0.2) is 0 Å². The summed E-state index contributed by atoms with van der Waals surface area (Å²) in [6.07, 6.45) is 8.06. The van der Waals surface area contributed by atoms with Crippen LogP contribution in [0.3, 0.4) is 0 Å². The number of carbonyl (C=O) groups excluding carboxylic acids is 2. The van der Waals surface area contributed by atoms with E-state index in [1.165, 1.54) is 0 Å². The number of ether oxygens (including phenoxy) is 2. The Morgan fingerprint density at radius 1 is 0.650 bits per heavy atom. The van der Waals surface area contributed by atoms with E-state index in [4.69, 9.17) is 18.3 Å². The van der Waals surface area contributed by atoms with Crippen LogP contribution in [0, 0.1) is 0 Å². The molecule has 4 atom stereocenters. The van der Waals surface area contributed by atoms with Crippen LogP contribution < -0.4 is 0 Å². The van der Waals surface area contributed by atoms with Crippen molar-refractivity contribution in [1.82, 2.24) is 0 Å². The molecule has 0 bridgehead atoms. The van der Waals surface area contributed by atoms with Crippen molar-refractivity contribution in [3.8, 4) is 0 Å². The Hall–Kier alpha value is -0.706. The van der Waals surface area contributed by atoms with Gasteiger partial charge < -0.3 is 18.3 Å². The van der Waals surface area contributed by atoms with Gasteiger partial charge in [-0.1, -0.05) is 81.1 Å². The van der Waals surface area contributed by atoms with Gasteiger partial charge in [0.05, 0.1) is 25.0 Å². The first-order valence-electron chi connectivity index (χ1n) is 16.1. The van der Waals surface area contributed by atoms with Gasteiger partial charge in [0.1, 0.15) is 12.2 Å². The molecule has 40 heavy (non-hydrogen) atoms. The minimum atomic E-state index is -2.16. The zero-order chi connectivity index (χ0) is 30.8. The molecule has 6 nitrogen and oxygen atoms in total. The molecule has 0 aromatic heterocycles. The van der Waals surface area contributed by atoms with Crippen LogP contribution in [0.25, 0.3) is 0 Å². The first-order valence-corrected chi connectivity index (χ1v) is 21.9. The fraction of sp³-hybridized carbons (Fsp3) is 0.938. The molecule has 1 fully saturated rings. The van der Waals surface area contributed by atoms with Crippen LogP contribution >= 0.6 is 0 Å². The summed E-state index contributed by atoms with van der Waals surface area (Å²) in [5.74, 6) is -0.425. The van der Waals surface area contributed by atoms with E-state index in [9.17, 15) is 9.59 Å². The number of rotatable bonds is 12. The molecule has 0 radical (unpaired) electrons. The lowest BCUT2D eigenvalue weighted by atomic mass is 10.0. The van der Waals surface area contributed by atoms with E-state index in [2.05, 4.69) is 81.6 Å². The molecule has 1 aliphatic rings. The van der Waals surface area contributed by atoms with Gasteiger partial charge >= 0.3 is 11.9 Å². The van der Waals surface area contributed by atoms with Crippen LogP contribution in [0.4, 0.5) is 0 Å². The second-order valence-corrected chi connectivity index (χ2v) is 24.6. The Labute approximate surface area is 249 Å². The second-order valence-electron chi connectivity index (χ2n) is 15.1. The van der Waals surface area contributed by atoms with E-state index < -0.39 is 16.6 Å². The number of esters is 2. The molecule has 0 saturated carbocycles. The van der Waals surface area contributed by atoms with E-state index in [1.807, 2.05) is 0 Å². The Kier molecular flexibility index (Phi) is 15.1. The average Bonchev–Trinajstić information content (AvgIpc) is 2.76. The van der Waals surface area contributed by atoms with Gasteiger partial charge in [-0.05, 0) is 61.9 Å². The van der Waals surface area contributed by atoms with Crippen LogP contribution in [0.2, 0.25) is 36.3 Å². The minimum Gasteiger partial charge on any atom is -0.462 e. The summed E-state index contributed by atoms with van der Waals surface area (Å²) in [4.78, 5) is 26.9. The van der Waals surface area contributed by atoms with Crippen molar-refractivity contribution < 1.29 is 27.9 Å². The Morgan fingerprint density at radius 2 is 0.975 bits per heavy atom. The molecule has 236 valence electrons. The standard InChI is InChI=1S/C32H64O6Si2/c1-13-15-17-19-25-21-27(37-39(9,10)31(3,4)5)23-30(34)36-26(20-18-16-14-2)22-28(24-29(33)35-25)38-40(11,12)32(6,7)8/h25-28H,13-24H2,1-12H3/t25-,26?,27?,28-/m1/s1. The van der Waals surface area contributed by atoms with Crippen LogP contribution in [0.5, 0.6) is 0 Å². The summed E-state index contributed by atoms with van der Waals surface area (Å²) >= 11 is 0. The topological polar surface area (TPSA) is 71.1 Å². The van der Waals surface area contributed by atoms with E-state index in [-0.39, 0.29) is 59.3 Å². The van der Waals surface area contributed by atoms with Crippen molar-refractivity contribution in [1.29, 1.82) is 0 Å². The summed E-state index contributed by atoms with van der Waals surface area (Å²) in [6.45, 7) is 26.4. The van der Waals surface area contributed by atoms with Gasteiger partial charge in [0.25, 0.3) is 0 Å². The quantitative estimate of drug-likeness (QED) is 0.126. The highest BCUT2D eigenvalue weighted by Gasteiger charge is 2.42. The third kappa shape index (κ3) is 13.1. The van der Waals surface area contributed by atoms with Gasteiger partial charge in [-0.3, -0.25) is 9.59 Å².